The maximum atomic E-state index is 12.8. The minimum Gasteiger partial charge on any atom is -0.385 e. The van der Waals surface area contributed by atoms with Crippen LogP contribution in [-0.4, -0.2) is 5.11 Å². The van der Waals surface area contributed by atoms with Crippen LogP contribution >= 0.6 is 11.6 Å². The Morgan fingerprint density at radius 1 is 1.60 bits per heavy atom. The standard InChI is InChI=1S/C12H14ClFO/c1-2-3-8-7-12(8,15)10-5-4-9(14)6-11(10)13/h4-6,8,15H,2-3,7H2,1H3. The second-order valence-corrected chi connectivity index (χ2v) is 4.65. The Bertz CT molecular complexity index is 380. The first-order chi connectivity index (χ1) is 7.08. The topological polar surface area (TPSA) is 20.2 Å². The van der Waals surface area contributed by atoms with E-state index < -0.39 is 5.60 Å². The maximum absolute atomic E-state index is 12.8. The molecule has 1 N–H and O–H groups in total. The first-order valence-corrected chi connectivity index (χ1v) is 5.63. The highest BCUT2D eigenvalue weighted by molar-refractivity contribution is 6.31. The van der Waals surface area contributed by atoms with Crippen LogP contribution in [0.15, 0.2) is 18.2 Å². The molecule has 0 aromatic heterocycles. The minimum atomic E-state index is -0.805. The van der Waals surface area contributed by atoms with E-state index in [9.17, 15) is 9.50 Å². The fourth-order valence-corrected chi connectivity index (χ4v) is 2.51. The summed E-state index contributed by atoms with van der Waals surface area (Å²) in [5.74, 6) is -0.0782. The van der Waals surface area contributed by atoms with Crippen LogP contribution in [0.4, 0.5) is 4.39 Å². The lowest BCUT2D eigenvalue weighted by molar-refractivity contribution is 0.129. The summed E-state index contributed by atoms with van der Waals surface area (Å²) in [4.78, 5) is 0. The zero-order chi connectivity index (χ0) is 11.1. The van der Waals surface area contributed by atoms with E-state index in [0.717, 1.165) is 19.3 Å². The SMILES string of the molecule is CCCC1CC1(O)c1ccc(F)cc1Cl. The quantitative estimate of drug-likeness (QED) is 0.840. The van der Waals surface area contributed by atoms with Crippen molar-refractivity contribution in [2.45, 2.75) is 31.8 Å². The molecule has 1 fully saturated rings. The summed E-state index contributed by atoms with van der Waals surface area (Å²) < 4.78 is 12.8. The molecular formula is C12H14ClFO. The van der Waals surface area contributed by atoms with Crippen molar-refractivity contribution < 1.29 is 9.50 Å². The Kier molecular flexibility index (Phi) is 2.73. The van der Waals surface area contributed by atoms with Gasteiger partial charge in [0.05, 0.1) is 5.60 Å². The summed E-state index contributed by atoms with van der Waals surface area (Å²) in [5, 5.41) is 10.6. The van der Waals surface area contributed by atoms with Crippen molar-refractivity contribution in [1.82, 2.24) is 0 Å². The summed E-state index contributed by atoms with van der Waals surface area (Å²) in [5.41, 5.74) is -0.134. The van der Waals surface area contributed by atoms with Gasteiger partial charge in [0.1, 0.15) is 5.82 Å². The number of aliphatic hydroxyl groups is 1. The maximum Gasteiger partial charge on any atom is 0.124 e. The van der Waals surface area contributed by atoms with Crippen molar-refractivity contribution in [3.8, 4) is 0 Å². The highest BCUT2D eigenvalue weighted by atomic mass is 35.5. The molecule has 15 heavy (non-hydrogen) atoms. The summed E-state index contributed by atoms with van der Waals surface area (Å²) in [6.07, 6.45) is 2.78. The third-order valence-electron chi connectivity index (χ3n) is 3.11. The fraction of sp³-hybridized carbons (Fsp3) is 0.500. The molecule has 2 atom stereocenters. The van der Waals surface area contributed by atoms with Gasteiger partial charge in [-0.25, -0.2) is 4.39 Å². The molecule has 82 valence electrons. The monoisotopic (exact) mass is 228 g/mol. The number of hydrogen-bond acceptors (Lipinski definition) is 1. The molecule has 2 rings (SSSR count). The van der Waals surface area contributed by atoms with Gasteiger partial charge in [-0.3, -0.25) is 0 Å². The zero-order valence-corrected chi connectivity index (χ0v) is 9.39. The molecule has 2 unspecified atom stereocenters. The van der Waals surface area contributed by atoms with Crippen LogP contribution in [-0.2, 0) is 5.60 Å². The molecule has 0 spiro atoms. The first-order valence-electron chi connectivity index (χ1n) is 5.26. The number of hydrogen-bond donors (Lipinski definition) is 1. The van der Waals surface area contributed by atoms with Crippen LogP contribution in [0.3, 0.4) is 0 Å². The molecule has 0 radical (unpaired) electrons. The second kappa shape index (κ2) is 3.76. The van der Waals surface area contributed by atoms with Crippen LogP contribution in [0.1, 0.15) is 31.7 Å². The predicted octanol–water partition coefficient (Wildman–Crippen LogP) is 3.49. The van der Waals surface area contributed by atoms with Crippen LogP contribution in [0.25, 0.3) is 0 Å². The molecule has 1 aromatic carbocycles. The number of benzene rings is 1. The van der Waals surface area contributed by atoms with Crippen molar-refractivity contribution in [1.29, 1.82) is 0 Å². The van der Waals surface area contributed by atoms with E-state index in [1.807, 2.05) is 0 Å². The molecule has 0 saturated heterocycles. The van der Waals surface area contributed by atoms with Gasteiger partial charge in [-0.1, -0.05) is 31.0 Å². The Morgan fingerprint density at radius 3 is 2.93 bits per heavy atom. The van der Waals surface area contributed by atoms with E-state index in [1.165, 1.54) is 12.1 Å². The van der Waals surface area contributed by atoms with E-state index in [4.69, 9.17) is 11.6 Å². The van der Waals surface area contributed by atoms with Crippen molar-refractivity contribution >= 4 is 11.6 Å². The van der Waals surface area contributed by atoms with Crippen molar-refractivity contribution in [3.05, 3.63) is 34.6 Å². The van der Waals surface area contributed by atoms with E-state index in [2.05, 4.69) is 6.92 Å². The molecular weight excluding hydrogens is 215 g/mol. The van der Waals surface area contributed by atoms with Gasteiger partial charge in [-0.05, 0) is 30.9 Å². The summed E-state index contributed by atoms with van der Waals surface area (Å²) in [6, 6.07) is 4.20. The van der Waals surface area contributed by atoms with E-state index in [0.29, 0.717) is 10.6 Å². The van der Waals surface area contributed by atoms with Gasteiger partial charge in [0.2, 0.25) is 0 Å². The molecule has 0 aliphatic heterocycles. The molecule has 1 nitrogen and oxygen atoms in total. The molecule has 0 heterocycles. The van der Waals surface area contributed by atoms with Gasteiger partial charge in [-0.15, -0.1) is 0 Å². The lowest BCUT2D eigenvalue weighted by Gasteiger charge is -2.12. The highest BCUT2D eigenvalue weighted by Gasteiger charge is 2.54. The van der Waals surface area contributed by atoms with Gasteiger partial charge in [0, 0.05) is 10.6 Å². The Hall–Kier alpha value is -0.600. The molecule has 1 aliphatic rings. The molecule has 0 amide bonds. The molecule has 0 bridgehead atoms. The van der Waals surface area contributed by atoms with Gasteiger partial charge < -0.3 is 5.11 Å². The second-order valence-electron chi connectivity index (χ2n) is 4.24. The van der Waals surface area contributed by atoms with Gasteiger partial charge in [0.15, 0.2) is 0 Å². The van der Waals surface area contributed by atoms with Crippen LogP contribution < -0.4 is 0 Å². The van der Waals surface area contributed by atoms with Gasteiger partial charge in [-0.2, -0.15) is 0 Å². The minimum absolute atomic E-state index is 0.283. The fourth-order valence-electron chi connectivity index (χ4n) is 2.18. The molecule has 1 saturated carbocycles. The van der Waals surface area contributed by atoms with Crippen LogP contribution in [0.5, 0.6) is 0 Å². The third-order valence-corrected chi connectivity index (χ3v) is 3.42. The molecule has 1 aromatic rings. The van der Waals surface area contributed by atoms with Gasteiger partial charge >= 0.3 is 0 Å². The van der Waals surface area contributed by atoms with E-state index >= 15 is 0 Å². The third kappa shape index (κ3) is 1.88. The Morgan fingerprint density at radius 2 is 2.33 bits per heavy atom. The molecule has 1 aliphatic carbocycles. The van der Waals surface area contributed by atoms with E-state index in [-0.39, 0.29) is 11.7 Å². The summed E-state index contributed by atoms with van der Waals surface area (Å²) in [7, 11) is 0. The number of rotatable bonds is 3. The van der Waals surface area contributed by atoms with Crippen LogP contribution in [0, 0.1) is 11.7 Å². The zero-order valence-electron chi connectivity index (χ0n) is 8.63. The average molecular weight is 229 g/mol. The van der Waals surface area contributed by atoms with Gasteiger partial charge in [0.25, 0.3) is 0 Å². The largest absolute Gasteiger partial charge is 0.385 e. The highest BCUT2D eigenvalue weighted by Crippen LogP contribution is 2.55. The summed E-state index contributed by atoms with van der Waals surface area (Å²) >= 11 is 5.92. The molecule has 3 heteroatoms. The van der Waals surface area contributed by atoms with E-state index in [1.54, 1.807) is 6.07 Å². The smallest absolute Gasteiger partial charge is 0.124 e. The van der Waals surface area contributed by atoms with Crippen LogP contribution in [0.2, 0.25) is 5.02 Å². The van der Waals surface area contributed by atoms with Crippen molar-refractivity contribution in [3.63, 3.8) is 0 Å². The van der Waals surface area contributed by atoms with Crippen molar-refractivity contribution in [2.24, 2.45) is 5.92 Å². The Balaban J connectivity index is 2.24. The predicted molar refractivity (Wildman–Crippen MR) is 58.3 cm³/mol. The number of halogens is 2. The summed E-state index contributed by atoms with van der Waals surface area (Å²) in [6.45, 7) is 2.09. The first kappa shape index (κ1) is 10.9. The van der Waals surface area contributed by atoms with Crippen molar-refractivity contribution in [2.75, 3.05) is 0 Å². The lowest BCUT2D eigenvalue weighted by atomic mass is 10.0. The normalized spacial score (nSPS) is 29.2. The average Bonchev–Trinajstić information content (AvgIpc) is 2.78. The Labute approximate surface area is 93.9 Å². The lowest BCUT2D eigenvalue weighted by Crippen LogP contribution is -2.09.